The maximum atomic E-state index is 12.9. The molecule has 1 aromatic rings. The molecule has 0 bridgehead atoms. The maximum Gasteiger partial charge on any atom is 0.410 e. The van der Waals surface area contributed by atoms with E-state index in [1.165, 1.54) is 0 Å². The van der Waals surface area contributed by atoms with E-state index in [-0.39, 0.29) is 23.8 Å². The fraction of sp³-hybridized carbons (Fsp3) is 0.667. The minimum absolute atomic E-state index is 0.0389. The highest BCUT2D eigenvalue weighted by molar-refractivity contribution is 6.74. The minimum Gasteiger partial charge on any atom is -0.445 e. The van der Waals surface area contributed by atoms with Crippen LogP contribution in [-0.4, -0.2) is 56.2 Å². The maximum absolute atomic E-state index is 12.9. The average molecular weight is 465 g/mol. The van der Waals surface area contributed by atoms with Crippen molar-refractivity contribution in [3.8, 4) is 0 Å². The normalized spacial score (nSPS) is 19.9. The molecular formula is C24H40N2O5Si. The van der Waals surface area contributed by atoms with Crippen LogP contribution in [0.25, 0.3) is 0 Å². The molecule has 0 aliphatic carbocycles. The van der Waals surface area contributed by atoms with E-state index in [2.05, 4.69) is 39.2 Å². The van der Waals surface area contributed by atoms with E-state index in [4.69, 9.17) is 13.9 Å². The van der Waals surface area contributed by atoms with Crippen LogP contribution in [0, 0.1) is 0 Å². The van der Waals surface area contributed by atoms with Gasteiger partial charge in [-0.2, -0.15) is 0 Å². The molecule has 180 valence electrons. The van der Waals surface area contributed by atoms with E-state index in [1.54, 1.807) is 4.90 Å². The second-order valence-electron chi connectivity index (χ2n) is 11.0. The number of nitrogens with zero attached hydrogens (tertiary/aromatic N) is 1. The first-order valence-electron chi connectivity index (χ1n) is 11.3. The monoisotopic (exact) mass is 464 g/mol. The van der Waals surface area contributed by atoms with Gasteiger partial charge in [0.05, 0.1) is 12.1 Å². The molecule has 1 aromatic carbocycles. The van der Waals surface area contributed by atoms with E-state index < -0.39 is 26.1 Å². The number of hydrogen-bond acceptors (Lipinski definition) is 5. The number of piperidine rings is 1. The number of amides is 2. The first-order valence-corrected chi connectivity index (χ1v) is 14.2. The third kappa shape index (κ3) is 8.13. The zero-order valence-corrected chi connectivity index (χ0v) is 21.9. The SMILES string of the molecule is CC(C)(C)OC(=O)NC1CC(O[Si](C)(C)C(C)(C)C)CN(C(=O)OCc2ccccc2)C1. The standard InChI is InChI=1S/C24H40N2O5Si/c1-23(2,3)30-21(27)25-19-14-20(31-32(7,8)24(4,5)6)16-26(15-19)22(28)29-17-18-12-10-9-11-13-18/h9-13,19-20H,14-17H2,1-8H3,(H,25,27). The van der Waals surface area contributed by atoms with Crippen molar-refractivity contribution in [2.45, 2.75) is 90.4 Å². The van der Waals surface area contributed by atoms with Crippen LogP contribution in [0.1, 0.15) is 53.5 Å². The first kappa shape index (κ1) is 26.2. The summed E-state index contributed by atoms with van der Waals surface area (Å²) >= 11 is 0. The lowest BCUT2D eigenvalue weighted by Crippen LogP contribution is -2.57. The van der Waals surface area contributed by atoms with Crippen LogP contribution < -0.4 is 5.32 Å². The van der Waals surface area contributed by atoms with Crippen LogP contribution in [0.2, 0.25) is 18.1 Å². The number of ether oxygens (including phenoxy) is 2. The van der Waals surface area contributed by atoms with Gasteiger partial charge in [-0.25, -0.2) is 9.59 Å². The summed E-state index contributed by atoms with van der Waals surface area (Å²) in [6.45, 7) is 17.4. The van der Waals surface area contributed by atoms with Gasteiger partial charge in [0, 0.05) is 13.1 Å². The van der Waals surface area contributed by atoms with Crippen molar-refractivity contribution in [2.75, 3.05) is 13.1 Å². The number of rotatable bonds is 5. The summed E-state index contributed by atoms with van der Waals surface area (Å²) < 4.78 is 17.6. The van der Waals surface area contributed by atoms with Gasteiger partial charge in [0.2, 0.25) is 0 Å². The Bertz CT molecular complexity index is 771. The van der Waals surface area contributed by atoms with Crippen LogP contribution in [0.5, 0.6) is 0 Å². The molecule has 32 heavy (non-hydrogen) atoms. The second-order valence-corrected chi connectivity index (χ2v) is 15.8. The number of benzene rings is 1. The molecule has 1 heterocycles. The van der Waals surface area contributed by atoms with Gasteiger partial charge in [-0.3, -0.25) is 0 Å². The van der Waals surface area contributed by atoms with Gasteiger partial charge < -0.3 is 24.1 Å². The zero-order chi connectivity index (χ0) is 24.2. The summed E-state index contributed by atoms with van der Waals surface area (Å²) in [6, 6.07) is 9.30. The summed E-state index contributed by atoms with van der Waals surface area (Å²) in [6.07, 6.45) is -0.468. The van der Waals surface area contributed by atoms with Gasteiger partial charge in [-0.1, -0.05) is 51.1 Å². The second kappa shape index (κ2) is 10.3. The predicted molar refractivity (Wildman–Crippen MR) is 128 cm³/mol. The predicted octanol–water partition coefficient (Wildman–Crippen LogP) is 5.31. The summed E-state index contributed by atoms with van der Waals surface area (Å²) in [5.74, 6) is 0. The minimum atomic E-state index is -2.06. The number of likely N-dealkylation sites (tertiary alicyclic amines) is 1. The van der Waals surface area contributed by atoms with Crippen LogP contribution in [0.15, 0.2) is 30.3 Å². The fourth-order valence-electron chi connectivity index (χ4n) is 3.27. The summed E-state index contributed by atoms with van der Waals surface area (Å²) in [4.78, 5) is 26.9. The highest BCUT2D eigenvalue weighted by atomic mass is 28.4. The van der Waals surface area contributed by atoms with E-state index in [0.717, 1.165) is 5.56 Å². The van der Waals surface area contributed by atoms with E-state index >= 15 is 0 Å². The Morgan fingerprint density at radius 3 is 2.25 bits per heavy atom. The quantitative estimate of drug-likeness (QED) is 0.597. The fourth-order valence-corrected chi connectivity index (χ4v) is 4.63. The Labute approximate surface area is 193 Å². The van der Waals surface area contributed by atoms with Crippen molar-refractivity contribution in [3.05, 3.63) is 35.9 Å². The van der Waals surface area contributed by atoms with Crippen LogP contribution in [-0.2, 0) is 20.5 Å². The third-order valence-electron chi connectivity index (χ3n) is 5.86. The van der Waals surface area contributed by atoms with Gasteiger partial charge >= 0.3 is 12.2 Å². The van der Waals surface area contributed by atoms with Gasteiger partial charge in [-0.05, 0) is 50.9 Å². The first-order chi connectivity index (χ1) is 14.7. The molecule has 0 spiro atoms. The topological polar surface area (TPSA) is 77.1 Å². The Morgan fingerprint density at radius 2 is 1.69 bits per heavy atom. The molecular weight excluding hydrogens is 424 g/mol. The average Bonchev–Trinajstić information content (AvgIpc) is 2.63. The number of carbonyl (C=O) groups is 2. The summed E-state index contributed by atoms with van der Waals surface area (Å²) in [7, 11) is -2.06. The Kier molecular flexibility index (Phi) is 8.39. The molecule has 0 radical (unpaired) electrons. The van der Waals surface area contributed by atoms with Gasteiger partial charge in [-0.15, -0.1) is 0 Å². The molecule has 1 aliphatic heterocycles. The molecule has 1 fully saturated rings. The van der Waals surface area contributed by atoms with Gasteiger partial charge in [0.1, 0.15) is 12.2 Å². The molecule has 1 aliphatic rings. The lowest BCUT2D eigenvalue weighted by molar-refractivity contribution is 0.0265. The largest absolute Gasteiger partial charge is 0.445 e. The summed E-state index contributed by atoms with van der Waals surface area (Å²) in [5, 5.41) is 2.95. The molecule has 8 heteroatoms. The highest BCUT2D eigenvalue weighted by Gasteiger charge is 2.42. The van der Waals surface area contributed by atoms with Crippen molar-refractivity contribution < 1.29 is 23.5 Å². The third-order valence-corrected chi connectivity index (χ3v) is 10.4. The van der Waals surface area contributed by atoms with Gasteiger partial charge in [0.15, 0.2) is 8.32 Å². The molecule has 7 nitrogen and oxygen atoms in total. The number of nitrogens with one attached hydrogen (secondary N) is 1. The number of alkyl carbamates (subject to hydrolysis) is 1. The Morgan fingerprint density at radius 1 is 1.06 bits per heavy atom. The number of hydrogen-bond donors (Lipinski definition) is 1. The molecule has 2 unspecified atom stereocenters. The molecule has 0 aromatic heterocycles. The molecule has 2 rings (SSSR count). The van der Waals surface area contributed by atoms with Crippen molar-refractivity contribution >= 4 is 20.5 Å². The van der Waals surface area contributed by atoms with Crippen LogP contribution in [0.3, 0.4) is 0 Å². The van der Waals surface area contributed by atoms with Crippen molar-refractivity contribution in [1.29, 1.82) is 0 Å². The molecule has 2 amide bonds. The molecule has 2 atom stereocenters. The molecule has 1 N–H and O–H groups in total. The van der Waals surface area contributed by atoms with Crippen LogP contribution >= 0.6 is 0 Å². The van der Waals surface area contributed by atoms with Gasteiger partial charge in [0.25, 0.3) is 0 Å². The van der Waals surface area contributed by atoms with E-state index in [9.17, 15) is 9.59 Å². The van der Waals surface area contributed by atoms with Crippen LogP contribution in [0.4, 0.5) is 9.59 Å². The molecule has 1 saturated heterocycles. The number of carbonyl (C=O) groups excluding carboxylic acids is 2. The lowest BCUT2D eigenvalue weighted by atomic mass is 10.0. The Hall–Kier alpha value is -2.06. The molecule has 0 saturated carbocycles. The highest BCUT2D eigenvalue weighted by Crippen LogP contribution is 2.38. The summed E-state index contributed by atoms with van der Waals surface area (Å²) in [5.41, 5.74) is 0.333. The van der Waals surface area contributed by atoms with Crippen molar-refractivity contribution in [2.24, 2.45) is 0 Å². The van der Waals surface area contributed by atoms with Crippen molar-refractivity contribution in [3.63, 3.8) is 0 Å². The van der Waals surface area contributed by atoms with Crippen molar-refractivity contribution in [1.82, 2.24) is 10.2 Å². The Balaban J connectivity index is 2.09. The van der Waals surface area contributed by atoms with E-state index in [1.807, 2.05) is 51.1 Å². The van der Waals surface area contributed by atoms with E-state index in [0.29, 0.717) is 19.5 Å². The zero-order valence-electron chi connectivity index (χ0n) is 20.9. The smallest absolute Gasteiger partial charge is 0.410 e. The lowest BCUT2D eigenvalue weighted by Gasteiger charge is -2.44.